The summed E-state index contributed by atoms with van der Waals surface area (Å²) in [5.41, 5.74) is 12.1. The lowest BCUT2D eigenvalue weighted by Gasteiger charge is -2.09. The number of hydrogen-bond donors (Lipinski definition) is 3. The highest BCUT2D eigenvalue weighted by Crippen LogP contribution is 2.20. The molecular weight excluding hydrogens is 476 g/mol. The molecule has 0 unspecified atom stereocenters. The van der Waals surface area contributed by atoms with Gasteiger partial charge < -0.3 is 16.4 Å². The summed E-state index contributed by atoms with van der Waals surface area (Å²) in [6.45, 7) is 2.07. The normalized spacial score (nSPS) is 10.9. The third-order valence-electron chi connectivity index (χ3n) is 5.34. The quantitative estimate of drug-likeness (QED) is 0.166. The minimum atomic E-state index is 0. The van der Waals surface area contributed by atoms with Crippen molar-refractivity contribution >= 4 is 58.2 Å². The highest BCUT2D eigenvalue weighted by Gasteiger charge is 2.04. The number of halogens is 1. The van der Waals surface area contributed by atoms with Crippen molar-refractivity contribution < 1.29 is 4.79 Å². The fourth-order valence-electron chi connectivity index (χ4n) is 3.47. The van der Waals surface area contributed by atoms with E-state index in [4.69, 9.17) is 5.73 Å². The molecule has 4 rings (SSSR count). The molecule has 1 aromatic heterocycles. The number of nitrogens with two attached hydrogens (primary N) is 1. The first-order chi connectivity index (χ1) is 16.5. The van der Waals surface area contributed by atoms with E-state index in [0.717, 1.165) is 40.5 Å². The van der Waals surface area contributed by atoms with Crippen molar-refractivity contribution in [2.75, 3.05) is 10.6 Å². The lowest BCUT2D eigenvalue weighted by molar-refractivity contribution is -0.116. The number of aryl methyl sites for hydroxylation is 2. The lowest BCUT2D eigenvalue weighted by Crippen LogP contribution is -2.11. The van der Waals surface area contributed by atoms with Crippen LogP contribution in [-0.2, 0) is 11.2 Å². The van der Waals surface area contributed by atoms with Crippen LogP contribution in [0.2, 0.25) is 0 Å². The molecule has 0 aliphatic rings. The largest absolute Gasteiger partial charge is 0.383 e. The monoisotopic (exact) mass is 504 g/mol. The molecule has 7 heteroatoms. The zero-order valence-corrected chi connectivity index (χ0v) is 21.2. The number of carbonyl (C=O) groups is 1. The van der Waals surface area contributed by atoms with E-state index < -0.39 is 0 Å². The predicted molar refractivity (Wildman–Crippen MR) is 151 cm³/mol. The van der Waals surface area contributed by atoms with Gasteiger partial charge in [-0.2, -0.15) is 0 Å². The Morgan fingerprint density at radius 3 is 2.14 bits per heavy atom. The van der Waals surface area contributed by atoms with Gasteiger partial charge in [-0.05, 0) is 85.3 Å². The fourth-order valence-corrected chi connectivity index (χ4v) is 4.10. The van der Waals surface area contributed by atoms with Crippen molar-refractivity contribution in [3.05, 3.63) is 106 Å². The van der Waals surface area contributed by atoms with E-state index in [2.05, 4.69) is 34.7 Å². The zero-order chi connectivity index (χ0) is 23.8. The molecule has 1 amide bonds. The molecule has 0 radical (unpaired) electrons. The minimum absolute atomic E-state index is 0. The summed E-state index contributed by atoms with van der Waals surface area (Å²) in [4.78, 5) is 17.8. The molecule has 0 bridgehead atoms. The molecule has 0 aliphatic heterocycles. The molecule has 180 valence electrons. The van der Waals surface area contributed by atoms with Crippen LogP contribution < -0.4 is 16.4 Å². The van der Waals surface area contributed by atoms with Crippen LogP contribution in [-0.4, -0.2) is 11.7 Å². The van der Waals surface area contributed by atoms with Crippen LogP contribution >= 0.6 is 23.7 Å². The first kappa shape index (κ1) is 26.0. The number of thiophene rings is 1. The molecule has 0 aliphatic carbocycles. The van der Waals surface area contributed by atoms with E-state index in [1.165, 1.54) is 11.1 Å². The van der Waals surface area contributed by atoms with Crippen molar-refractivity contribution in [3.63, 3.8) is 0 Å². The number of anilines is 3. The maximum atomic E-state index is 12.3. The molecule has 0 saturated carbocycles. The van der Waals surface area contributed by atoms with Gasteiger partial charge in [-0.1, -0.05) is 35.9 Å². The summed E-state index contributed by atoms with van der Waals surface area (Å²) < 4.78 is 0. The number of nitrogens with one attached hydrogen (secondary N) is 2. The lowest BCUT2D eigenvalue weighted by atomic mass is 10.1. The van der Waals surface area contributed by atoms with Gasteiger partial charge in [0.25, 0.3) is 0 Å². The second kappa shape index (κ2) is 12.7. The van der Waals surface area contributed by atoms with Gasteiger partial charge in [0, 0.05) is 23.5 Å². The highest BCUT2D eigenvalue weighted by molar-refractivity contribution is 7.12. The molecular formula is C28H29ClN4OS. The van der Waals surface area contributed by atoms with Gasteiger partial charge >= 0.3 is 0 Å². The average Bonchev–Trinajstić information content (AvgIpc) is 3.38. The maximum absolute atomic E-state index is 12.3. The number of amides is 1. The summed E-state index contributed by atoms with van der Waals surface area (Å²) in [7, 11) is 0. The first-order valence-corrected chi connectivity index (χ1v) is 12.1. The maximum Gasteiger partial charge on any atom is 0.224 e. The average molecular weight is 505 g/mol. The molecule has 0 saturated heterocycles. The van der Waals surface area contributed by atoms with Crippen LogP contribution in [0, 0.1) is 6.92 Å². The number of amidine groups is 1. The van der Waals surface area contributed by atoms with E-state index >= 15 is 0 Å². The van der Waals surface area contributed by atoms with Crippen molar-refractivity contribution in [2.45, 2.75) is 26.2 Å². The van der Waals surface area contributed by atoms with Gasteiger partial charge in [-0.3, -0.25) is 4.79 Å². The summed E-state index contributed by atoms with van der Waals surface area (Å²) in [6, 6.07) is 27.9. The standard InChI is InChI=1S/C28H28N4OS.ClH/c1-20-7-11-22(12-8-20)30-23-15-17-24(18-16-23)31-27(33)6-2-4-21-9-13-25(14-10-21)32-28(29)26-5-3-19-34-26;/h3,5,7-19,30H,2,4,6H2,1H3,(H2,29,32)(H,31,33);1H. The van der Waals surface area contributed by atoms with Gasteiger partial charge in [-0.25, -0.2) is 4.99 Å². The number of carbonyl (C=O) groups excluding carboxylic acids is 1. The molecule has 4 aromatic rings. The van der Waals surface area contributed by atoms with E-state index in [-0.39, 0.29) is 18.3 Å². The van der Waals surface area contributed by atoms with E-state index in [9.17, 15) is 4.79 Å². The summed E-state index contributed by atoms with van der Waals surface area (Å²) in [6.07, 6.45) is 2.07. The summed E-state index contributed by atoms with van der Waals surface area (Å²) >= 11 is 1.57. The second-order valence-electron chi connectivity index (χ2n) is 8.11. The van der Waals surface area contributed by atoms with Crippen LogP contribution in [0.15, 0.2) is 95.3 Å². The molecule has 0 spiro atoms. The molecule has 5 nitrogen and oxygen atoms in total. The first-order valence-electron chi connectivity index (χ1n) is 11.3. The number of benzene rings is 3. The Hall–Kier alpha value is -3.61. The Kier molecular flexibility index (Phi) is 9.47. The van der Waals surface area contributed by atoms with Gasteiger partial charge in [0.1, 0.15) is 5.84 Å². The van der Waals surface area contributed by atoms with Gasteiger partial charge in [0.2, 0.25) is 5.91 Å². The molecule has 35 heavy (non-hydrogen) atoms. The second-order valence-corrected chi connectivity index (χ2v) is 9.06. The van der Waals surface area contributed by atoms with Crippen molar-refractivity contribution in [2.24, 2.45) is 10.7 Å². The van der Waals surface area contributed by atoms with Crippen LogP contribution in [0.3, 0.4) is 0 Å². The fraction of sp³-hybridized carbons (Fsp3) is 0.143. The van der Waals surface area contributed by atoms with E-state index in [1.54, 1.807) is 11.3 Å². The van der Waals surface area contributed by atoms with Crippen molar-refractivity contribution in [1.82, 2.24) is 0 Å². The van der Waals surface area contributed by atoms with Crippen LogP contribution in [0.25, 0.3) is 0 Å². The van der Waals surface area contributed by atoms with E-state index in [0.29, 0.717) is 12.3 Å². The summed E-state index contributed by atoms with van der Waals surface area (Å²) in [5, 5.41) is 8.31. The van der Waals surface area contributed by atoms with Crippen molar-refractivity contribution in [1.29, 1.82) is 0 Å². The minimum Gasteiger partial charge on any atom is -0.383 e. The van der Waals surface area contributed by atoms with Crippen LogP contribution in [0.4, 0.5) is 22.7 Å². The number of aliphatic imine (C=N–C) groups is 1. The topological polar surface area (TPSA) is 79.5 Å². The SMILES string of the molecule is Cc1ccc(Nc2ccc(NC(=O)CCCc3ccc(N=C(N)c4cccs4)cc3)cc2)cc1.Cl. The molecule has 0 fully saturated rings. The van der Waals surface area contributed by atoms with Gasteiger partial charge in [0.05, 0.1) is 10.6 Å². The Morgan fingerprint density at radius 2 is 1.51 bits per heavy atom. The summed E-state index contributed by atoms with van der Waals surface area (Å²) in [5.74, 6) is 0.544. The van der Waals surface area contributed by atoms with Crippen molar-refractivity contribution in [3.8, 4) is 0 Å². The number of rotatable bonds is 9. The zero-order valence-electron chi connectivity index (χ0n) is 19.5. The molecule has 3 aromatic carbocycles. The highest BCUT2D eigenvalue weighted by atomic mass is 35.5. The molecule has 0 atom stereocenters. The van der Waals surface area contributed by atoms with E-state index in [1.807, 2.05) is 78.2 Å². The predicted octanol–water partition coefficient (Wildman–Crippen LogP) is 7.22. The van der Waals surface area contributed by atoms with Gasteiger partial charge in [0.15, 0.2) is 0 Å². The number of hydrogen-bond acceptors (Lipinski definition) is 4. The Balaban J connectivity index is 0.00000342. The Morgan fingerprint density at radius 1 is 0.886 bits per heavy atom. The number of nitrogens with zero attached hydrogens (tertiary/aromatic N) is 1. The Bertz CT molecular complexity index is 1240. The third-order valence-corrected chi connectivity index (χ3v) is 6.23. The van der Waals surface area contributed by atoms with Gasteiger partial charge in [-0.15, -0.1) is 23.7 Å². The third kappa shape index (κ3) is 7.98. The van der Waals surface area contributed by atoms with Crippen LogP contribution in [0.5, 0.6) is 0 Å². The Labute approximate surface area is 216 Å². The molecule has 4 N–H and O–H groups in total. The molecule has 1 heterocycles. The van der Waals surface area contributed by atoms with Crippen LogP contribution in [0.1, 0.15) is 28.8 Å². The smallest absolute Gasteiger partial charge is 0.224 e.